The van der Waals surface area contributed by atoms with Crippen LogP contribution < -0.4 is 0 Å². The van der Waals surface area contributed by atoms with Crippen LogP contribution in [0.5, 0.6) is 0 Å². The van der Waals surface area contributed by atoms with E-state index in [0.717, 1.165) is 0 Å². The van der Waals surface area contributed by atoms with Gasteiger partial charge in [-0.25, -0.2) is 0 Å². The van der Waals surface area contributed by atoms with Gasteiger partial charge in [0.05, 0.1) is 13.0 Å². The number of aliphatic carboxylic acids is 1. The molecule has 0 saturated heterocycles. The lowest BCUT2D eigenvalue weighted by molar-refractivity contribution is -0.137. The quantitative estimate of drug-likeness (QED) is 0.751. The van der Waals surface area contributed by atoms with Crippen molar-refractivity contribution in [2.45, 2.75) is 26.3 Å². The fourth-order valence-corrected chi connectivity index (χ4v) is 1.66. The molecule has 1 aromatic rings. The average molecular weight is 249 g/mol. The largest absolute Gasteiger partial charge is 0.481 e. The van der Waals surface area contributed by atoms with Gasteiger partial charge in [0.15, 0.2) is 5.78 Å². The monoisotopic (exact) mass is 249 g/mol. The summed E-state index contributed by atoms with van der Waals surface area (Å²) < 4.78 is 0. The number of Topliss-reactive ketones (excluding diaryl/α,β-unsaturated/α-hetero) is 1. The molecule has 0 atom stereocenters. The van der Waals surface area contributed by atoms with Crippen LogP contribution in [0.2, 0.25) is 0 Å². The maximum absolute atomic E-state index is 12.0. The summed E-state index contributed by atoms with van der Waals surface area (Å²) in [6.45, 7) is 4.57. The van der Waals surface area contributed by atoms with E-state index in [4.69, 9.17) is 5.11 Å². The number of carbonyl (C=O) groups excluding carboxylic acids is 1. The van der Waals surface area contributed by atoms with Crippen molar-refractivity contribution in [3.05, 3.63) is 35.9 Å². The molecule has 0 heterocycles. The van der Waals surface area contributed by atoms with Crippen LogP contribution in [0.3, 0.4) is 0 Å². The highest BCUT2D eigenvalue weighted by Crippen LogP contribution is 2.05. The van der Waals surface area contributed by atoms with Gasteiger partial charge in [0.2, 0.25) is 0 Å². The van der Waals surface area contributed by atoms with Crippen molar-refractivity contribution < 1.29 is 14.7 Å². The van der Waals surface area contributed by atoms with E-state index in [1.807, 2.05) is 36.9 Å². The molecular formula is C14H19NO3. The second-order valence-electron chi connectivity index (χ2n) is 4.50. The van der Waals surface area contributed by atoms with E-state index in [9.17, 15) is 9.59 Å². The Morgan fingerprint density at radius 2 is 1.83 bits per heavy atom. The Kier molecular flexibility index (Phi) is 5.52. The van der Waals surface area contributed by atoms with Gasteiger partial charge in [-0.2, -0.15) is 0 Å². The standard InChI is InChI=1S/C14H19NO3/c1-11(2)15(9-8-14(17)18)10-13(16)12-6-4-3-5-7-12/h3-7,11H,8-10H2,1-2H3,(H,17,18). The van der Waals surface area contributed by atoms with Crippen molar-refractivity contribution in [1.29, 1.82) is 0 Å². The molecule has 0 spiro atoms. The SMILES string of the molecule is CC(C)N(CCC(=O)O)CC(=O)c1ccccc1. The number of carbonyl (C=O) groups is 2. The predicted molar refractivity (Wildman–Crippen MR) is 69.7 cm³/mol. The molecule has 18 heavy (non-hydrogen) atoms. The zero-order valence-corrected chi connectivity index (χ0v) is 10.8. The summed E-state index contributed by atoms with van der Waals surface area (Å²) in [6, 6.07) is 9.21. The fourth-order valence-electron chi connectivity index (χ4n) is 1.66. The number of ketones is 1. The first-order valence-electron chi connectivity index (χ1n) is 6.05. The van der Waals surface area contributed by atoms with E-state index >= 15 is 0 Å². The van der Waals surface area contributed by atoms with Crippen LogP contribution in [-0.4, -0.2) is 40.9 Å². The van der Waals surface area contributed by atoms with Crippen LogP contribution in [-0.2, 0) is 4.79 Å². The van der Waals surface area contributed by atoms with Gasteiger partial charge in [0.25, 0.3) is 0 Å². The Labute approximate surface area is 107 Å². The third-order valence-electron chi connectivity index (χ3n) is 2.79. The molecule has 1 aromatic carbocycles. The first kappa shape index (κ1) is 14.4. The second kappa shape index (κ2) is 6.91. The van der Waals surface area contributed by atoms with Crippen molar-refractivity contribution in [2.24, 2.45) is 0 Å². The average Bonchev–Trinajstić information content (AvgIpc) is 2.34. The van der Waals surface area contributed by atoms with Gasteiger partial charge in [-0.1, -0.05) is 30.3 Å². The van der Waals surface area contributed by atoms with Gasteiger partial charge in [-0.15, -0.1) is 0 Å². The Morgan fingerprint density at radius 1 is 1.22 bits per heavy atom. The van der Waals surface area contributed by atoms with Crippen molar-refractivity contribution >= 4 is 11.8 Å². The molecule has 4 nitrogen and oxygen atoms in total. The topological polar surface area (TPSA) is 57.6 Å². The number of carboxylic acids is 1. The Morgan fingerprint density at radius 3 is 2.33 bits per heavy atom. The predicted octanol–water partition coefficient (Wildman–Crippen LogP) is 2.05. The number of rotatable bonds is 7. The minimum Gasteiger partial charge on any atom is -0.481 e. The number of hydrogen-bond acceptors (Lipinski definition) is 3. The van der Waals surface area contributed by atoms with Crippen molar-refractivity contribution in [2.75, 3.05) is 13.1 Å². The lowest BCUT2D eigenvalue weighted by Gasteiger charge is -2.24. The van der Waals surface area contributed by atoms with Crippen molar-refractivity contribution in [3.8, 4) is 0 Å². The molecule has 98 valence electrons. The van der Waals surface area contributed by atoms with E-state index in [0.29, 0.717) is 12.1 Å². The minimum absolute atomic E-state index is 0.0229. The van der Waals surface area contributed by atoms with Gasteiger partial charge in [0.1, 0.15) is 0 Å². The molecule has 0 bridgehead atoms. The first-order valence-corrected chi connectivity index (χ1v) is 6.05. The minimum atomic E-state index is -0.840. The van der Waals surface area contributed by atoms with Crippen LogP contribution in [0.25, 0.3) is 0 Å². The molecule has 0 fully saturated rings. The highest BCUT2D eigenvalue weighted by molar-refractivity contribution is 5.97. The van der Waals surface area contributed by atoms with Crippen LogP contribution in [0.1, 0.15) is 30.6 Å². The zero-order valence-electron chi connectivity index (χ0n) is 10.8. The van der Waals surface area contributed by atoms with E-state index in [2.05, 4.69) is 0 Å². The first-order chi connectivity index (χ1) is 8.50. The molecule has 0 amide bonds. The molecule has 0 saturated carbocycles. The van der Waals surface area contributed by atoms with E-state index < -0.39 is 5.97 Å². The summed E-state index contributed by atoms with van der Waals surface area (Å²) in [5.74, 6) is -0.817. The Bertz CT molecular complexity index is 401. The van der Waals surface area contributed by atoms with Gasteiger partial charge < -0.3 is 5.11 Å². The number of benzene rings is 1. The van der Waals surface area contributed by atoms with Crippen molar-refractivity contribution in [3.63, 3.8) is 0 Å². The summed E-state index contributed by atoms with van der Waals surface area (Å²) in [6.07, 6.45) is 0.0558. The van der Waals surface area contributed by atoms with E-state index in [1.165, 1.54) is 0 Å². The van der Waals surface area contributed by atoms with Gasteiger partial charge in [0, 0.05) is 18.2 Å². The van der Waals surface area contributed by atoms with Crippen LogP contribution >= 0.6 is 0 Å². The normalized spacial score (nSPS) is 10.9. The summed E-state index contributed by atoms with van der Waals surface area (Å²) in [5, 5.41) is 8.68. The maximum atomic E-state index is 12.0. The zero-order chi connectivity index (χ0) is 13.5. The molecule has 1 rings (SSSR count). The Hall–Kier alpha value is -1.68. The summed E-state index contributed by atoms with van der Waals surface area (Å²) in [7, 11) is 0. The second-order valence-corrected chi connectivity index (χ2v) is 4.50. The molecule has 0 aliphatic heterocycles. The molecule has 0 aromatic heterocycles. The Balaban J connectivity index is 2.61. The number of nitrogens with zero attached hydrogens (tertiary/aromatic N) is 1. The number of hydrogen-bond donors (Lipinski definition) is 1. The highest BCUT2D eigenvalue weighted by atomic mass is 16.4. The smallest absolute Gasteiger partial charge is 0.304 e. The third-order valence-corrected chi connectivity index (χ3v) is 2.79. The van der Waals surface area contributed by atoms with Gasteiger partial charge >= 0.3 is 5.97 Å². The molecule has 0 aliphatic carbocycles. The molecule has 1 N–H and O–H groups in total. The van der Waals surface area contributed by atoms with Gasteiger partial charge in [-0.05, 0) is 13.8 Å². The third kappa shape index (κ3) is 4.67. The lowest BCUT2D eigenvalue weighted by atomic mass is 10.1. The summed E-state index contributed by atoms with van der Waals surface area (Å²) in [4.78, 5) is 24.5. The molecule has 0 aliphatic rings. The molecule has 0 radical (unpaired) electrons. The van der Waals surface area contributed by atoms with Crippen LogP contribution in [0.15, 0.2) is 30.3 Å². The summed E-state index contributed by atoms with van der Waals surface area (Å²) >= 11 is 0. The van der Waals surface area contributed by atoms with Crippen molar-refractivity contribution in [1.82, 2.24) is 4.90 Å². The van der Waals surface area contributed by atoms with Gasteiger partial charge in [-0.3, -0.25) is 14.5 Å². The number of carboxylic acid groups (broad SMARTS) is 1. The fraction of sp³-hybridized carbons (Fsp3) is 0.429. The van der Waals surface area contributed by atoms with Crippen LogP contribution in [0, 0.1) is 0 Å². The van der Waals surface area contributed by atoms with E-state index in [-0.39, 0.29) is 24.8 Å². The summed E-state index contributed by atoms with van der Waals surface area (Å²) in [5.41, 5.74) is 0.665. The van der Waals surface area contributed by atoms with Crippen LogP contribution in [0.4, 0.5) is 0 Å². The molecular weight excluding hydrogens is 230 g/mol. The maximum Gasteiger partial charge on any atom is 0.304 e. The molecule has 0 unspecified atom stereocenters. The van der Waals surface area contributed by atoms with E-state index in [1.54, 1.807) is 12.1 Å². The highest BCUT2D eigenvalue weighted by Gasteiger charge is 2.16. The molecule has 4 heteroatoms. The lowest BCUT2D eigenvalue weighted by Crippen LogP contribution is -2.37.